The second-order valence-electron chi connectivity index (χ2n) is 3.31. The zero-order valence-corrected chi connectivity index (χ0v) is 6.80. The first-order valence-corrected chi connectivity index (χ1v) is 3.59. The van der Waals surface area contributed by atoms with Crippen molar-refractivity contribution < 1.29 is 5.11 Å². The molecule has 0 saturated carbocycles. The minimum Gasteiger partial charge on any atom is -0.396 e. The molecule has 0 rings (SSSR count). The molecular formula is C7H18N2O. The van der Waals surface area contributed by atoms with Crippen molar-refractivity contribution in [1.82, 2.24) is 0 Å². The van der Waals surface area contributed by atoms with Crippen molar-refractivity contribution in [2.24, 2.45) is 22.8 Å². The smallest absolute Gasteiger partial charge is 0.0476 e. The van der Waals surface area contributed by atoms with E-state index in [-0.39, 0.29) is 17.9 Å². The van der Waals surface area contributed by atoms with Crippen molar-refractivity contribution >= 4 is 0 Å². The van der Waals surface area contributed by atoms with Gasteiger partial charge in [-0.15, -0.1) is 0 Å². The van der Waals surface area contributed by atoms with Crippen LogP contribution in [-0.2, 0) is 0 Å². The summed E-state index contributed by atoms with van der Waals surface area (Å²) in [5.41, 5.74) is 10.9. The molecule has 0 aromatic heterocycles. The molecule has 0 aliphatic carbocycles. The monoisotopic (exact) mass is 146 g/mol. The van der Waals surface area contributed by atoms with Crippen LogP contribution in [-0.4, -0.2) is 24.8 Å². The molecule has 5 N–H and O–H groups in total. The normalized spacial score (nSPS) is 15.3. The van der Waals surface area contributed by atoms with E-state index in [4.69, 9.17) is 16.6 Å². The van der Waals surface area contributed by atoms with Gasteiger partial charge in [0.15, 0.2) is 0 Å². The fourth-order valence-corrected chi connectivity index (χ4v) is 0.807. The highest BCUT2D eigenvalue weighted by molar-refractivity contribution is 4.78. The first kappa shape index (κ1) is 9.88. The van der Waals surface area contributed by atoms with Gasteiger partial charge in [0.25, 0.3) is 0 Å². The minimum atomic E-state index is -0.0382. The molecule has 0 aliphatic rings. The summed E-state index contributed by atoms with van der Waals surface area (Å²) in [7, 11) is 0. The van der Waals surface area contributed by atoms with Gasteiger partial charge < -0.3 is 16.6 Å². The van der Waals surface area contributed by atoms with Crippen LogP contribution in [0.5, 0.6) is 0 Å². The van der Waals surface area contributed by atoms with E-state index in [9.17, 15) is 0 Å². The van der Waals surface area contributed by atoms with Crippen LogP contribution >= 0.6 is 0 Å². The number of aliphatic hydroxyl groups is 1. The van der Waals surface area contributed by atoms with Crippen LogP contribution in [0.3, 0.4) is 0 Å². The first-order valence-electron chi connectivity index (χ1n) is 3.59. The number of hydrogen-bond donors (Lipinski definition) is 3. The molecule has 1 atom stereocenters. The molecule has 0 aliphatic heterocycles. The standard InChI is InChI=1S/C7H18N2O/c1-7(2,5-9)6(3-8)4-10/h6,10H,3-5,8-9H2,1-2H3. The van der Waals surface area contributed by atoms with Gasteiger partial charge in [-0.2, -0.15) is 0 Å². The van der Waals surface area contributed by atoms with Gasteiger partial charge in [0.1, 0.15) is 0 Å². The van der Waals surface area contributed by atoms with Gasteiger partial charge >= 0.3 is 0 Å². The minimum absolute atomic E-state index is 0.0382. The largest absolute Gasteiger partial charge is 0.396 e. The van der Waals surface area contributed by atoms with Crippen molar-refractivity contribution in [3.05, 3.63) is 0 Å². The van der Waals surface area contributed by atoms with Crippen LogP contribution in [0.15, 0.2) is 0 Å². The van der Waals surface area contributed by atoms with Crippen LogP contribution in [0.1, 0.15) is 13.8 Å². The fraction of sp³-hybridized carbons (Fsp3) is 1.00. The zero-order chi connectivity index (χ0) is 8.20. The van der Waals surface area contributed by atoms with E-state index in [1.165, 1.54) is 0 Å². The Bertz CT molecular complexity index is 89.6. The number of nitrogens with two attached hydrogens (primary N) is 2. The summed E-state index contributed by atoms with van der Waals surface area (Å²) in [6.07, 6.45) is 0. The Morgan fingerprint density at radius 2 is 1.90 bits per heavy atom. The summed E-state index contributed by atoms with van der Waals surface area (Å²) in [6, 6.07) is 0. The summed E-state index contributed by atoms with van der Waals surface area (Å²) >= 11 is 0. The third-order valence-electron chi connectivity index (χ3n) is 2.14. The molecular weight excluding hydrogens is 128 g/mol. The van der Waals surface area contributed by atoms with Crippen LogP contribution in [0.4, 0.5) is 0 Å². The third-order valence-corrected chi connectivity index (χ3v) is 2.14. The average molecular weight is 146 g/mol. The van der Waals surface area contributed by atoms with Gasteiger partial charge in [0.05, 0.1) is 0 Å². The van der Waals surface area contributed by atoms with Crippen LogP contribution in [0, 0.1) is 11.3 Å². The Balaban J connectivity index is 3.97. The fourth-order valence-electron chi connectivity index (χ4n) is 0.807. The van der Waals surface area contributed by atoms with Crippen molar-refractivity contribution in [2.75, 3.05) is 19.7 Å². The van der Waals surface area contributed by atoms with Gasteiger partial charge in [-0.3, -0.25) is 0 Å². The van der Waals surface area contributed by atoms with Crippen molar-refractivity contribution in [3.8, 4) is 0 Å². The second kappa shape index (κ2) is 3.91. The highest BCUT2D eigenvalue weighted by atomic mass is 16.3. The Hall–Kier alpha value is -0.120. The first-order chi connectivity index (χ1) is 4.58. The van der Waals surface area contributed by atoms with E-state index >= 15 is 0 Å². The molecule has 0 bridgehead atoms. The van der Waals surface area contributed by atoms with Crippen molar-refractivity contribution in [2.45, 2.75) is 13.8 Å². The topological polar surface area (TPSA) is 72.3 Å². The molecule has 0 amide bonds. The third kappa shape index (κ3) is 2.25. The van der Waals surface area contributed by atoms with Gasteiger partial charge in [-0.1, -0.05) is 13.8 Å². The van der Waals surface area contributed by atoms with Gasteiger partial charge in [0.2, 0.25) is 0 Å². The van der Waals surface area contributed by atoms with E-state index in [1.807, 2.05) is 13.8 Å². The SMILES string of the molecule is CC(C)(CN)C(CN)CO. The predicted molar refractivity (Wildman–Crippen MR) is 42.5 cm³/mol. The molecule has 1 unspecified atom stereocenters. The molecule has 62 valence electrons. The maximum Gasteiger partial charge on any atom is 0.0476 e. The molecule has 0 aromatic carbocycles. The summed E-state index contributed by atoms with van der Waals surface area (Å²) < 4.78 is 0. The van der Waals surface area contributed by atoms with Crippen LogP contribution < -0.4 is 11.5 Å². The molecule has 0 heterocycles. The number of aliphatic hydroxyl groups excluding tert-OH is 1. The van der Waals surface area contributed by atoms with E-state index < -0.39 is 0 Å². The van der Waals surface area contributed by atoms with Gasteiger partial charge in [-0.05, 0) is 18.5 Å². The molecule has 0 spiro atoms. The van der Waals surface area contributed by atoms with E-state index in [0.717, 1.165) is 0 Å². The number of hydrogen-bond acceptors (Lipinski definition) is 3. The summed E-state index contributed by atoms with van der Waals surface area (Å²) in [4.78, 5) is 0. The molecule has 0 radical (unpaired) electrons. The summed E-state index contributed by atoms with van der Waals surface area (Å²) in [5, 5.41) is 8.86. The highest BCUT2D eigenvalue weighted by Crippen LogP contribution is 2.23. The quantitative estimate of drug-likeness (QED) is 0.502. The maximum atomic E-state index is 8.86. The van der Waals surface area contributed by atoms with Crippen LogP contribution in [0.2, 0.25) is 0 Å². The van der Waals surface area contributed by atoms with Crippen molar-refractivity contribution in [1.29, 1.82) is 0 Å². The Labute approximate surface area is 62.4 Å². The Morgan fingerprint density at radius 3 is 2.00 bits per heavy atom. The second-order valence-corrected chi connectivity index (χ2v) is 3.31. The lowest BCUT2D eigenvalue weighted by Gasteiger charge is -2.30. The lowest BCUT2D eigenvalue weighted by atomic mass is 9.79. The maximum absolute atomic E-state index is 8.86. The molecule has 10 heavy (non-hydrogen) atoms. The lowest BCUT2D eigenvalue weighted by molar-refractivity contribution is 0.129. The molecule has 0 aromatic rings. The van der Waals surface area contributed by atoms with Gasteiger partial charge in [0, 0.05) is 12.5 Å². The Kier molecular flexibility index (Phi) is 3.86. The molecule has 0 saturated heterocycles. The van der Waals surface area contributed by atoms with Crippen LogP contribution in [0.25, 0.3) is 0 Å². The predicted octanol–water partition coefficient (Wildman–Crippen LogP) is -0.461. The molecule has 3 nitrogen and oxygen atoms in total. The summed E-state index contributed by atoms with van der Waals surface area (Å²) in [5.74, 6) is 0.123. The van der Waals surface area contributed by atoms with E-state index in [1.54, 1.807) is 0 Å². The molecule has 0 fully saturated rings. The van der Waals surface area contributed by atoms with E-state index in [2.05, 4.69) is 0 Å². The lowest BCUT2D eigenvalue weighted by Crippen LogP contribution is -2.38. The molecule has 3 heteroatoms. The highest BCUT2D eigenvalue weighted by Gasteiger charge is 2.25. The summed E-state index contributed by atoms with van der Waals surface area (Å²) in [6.45, 7) is 5.22. The van der Waals surface area contributed by atoms with Crippen molar-refractivity contribution in [3.63, 3.8) is 0 Å². The van der Waals surface area contributed by atoms with Gasteiger partial charge in [-0.25, -0.2) is 0 Å². The van der Waals surface area contributed by atoms with E-state index in [0.29, 0.717) is 13.1 Å². The Morgan fingerprint density at radius 1 is 1.40 bits per heavy atom. The average Bonchev–Trinajstić information content (AvgIpc) is 1.90. The zero-order valence-electron chi connectivity index (χ0n) is 6.80. The number of rotatable bonds is 4.